The van der Waals surface area contributed by atoms with E-state index < -0.39 is 11.9 Å². The first-order valence-corrected chi connectivity index (χ1v) is 6.87. The van der Waals surface area contributed by atoms with Crippen molar-refractivity contribution in [3.05, 3.63) is 52.6 Å². The van der Waals surface area contributed by atoms with Crippen LogP contribution in [0.3, 0.4) is 0 Å². The van der Waals surface area contributed by atoms with Crippen molar-refractivity contribution in [1.29, 1.82) is 0 Å². The highest BCUT2D eigenvalue weighted by Crippen LogP contribution is 2.21. The highest BCUT2D eigenvalue weighted by Gasteiger charge is 2.15. The summed E-state index contributed by atoms with van der Waals surface area (Å²) in [5.41, 5.74) is 1.09. The van der Waals surface area contributed by atoms with Crippen LogP contribution in [0.4, 0.5) is 5.69 Å². The van der Waals surface area contributed by atoms with Crippen LogP contribution in [0.2, 0.25) is 0 Å². The molecule has 1 aromatic carbocycles. The van der Waals surface area contributed by atoms with Gasteiger partial charge in [0.1, 0.15) is 0 Å². The number of carbonyl (C=O) groups is 2. The first-order valence-electron chi connectivity index (χ1n) is 5.99. The Labute approximate surface area is 123 Å². The number of aromatic carboxylic acids is 1. The number of hydrogen-bond acceptors (Lipinski definition) is 5. The van der Waals surface area contributed by atoms with Crippen molar-refractivity contribution in [3.63, 3.8) is 0 Å². The lowest BCUT2D eigenvalue weighted by molar-refractivity contribution is 0.0691. The molecular formula is C14H9N3O3S. The Hall–Kier alpha value is -2.80. The van der Waals surface area contributed by atoms with Crippen molar-refractivity contribution in [2.24, 2.45) is 0 Å². The molecule has 0 saturated heterocycles. The molecule has 3 rings (SSSR count). The van der Waals surface area contributed by atoms with E-state index in [1.165, 1.54) is 5.38 Å². The molecule has 3 aromatic rings. The predicted octanol–water partition coefficient (Wildman–Crippen LogP) is 2.64. The number of carbonyl (C=O) groups excluding carboxylic acids is 1. The molecule has 0 saturated carbocycles. The summed E-state index contributed by atoms with van der Waals surface area (Å²) in [6.45, 7) is 0. The maximum atomic E-state index is 12.1. The van der Waals surface area contributed by atoms with Crippen molar-refractivity contribution in [3.8, 4) is 0 Å². The number of pyridine rings is 1. The average Bonchev–Trinajstić information content (AvgIpc) is 2.98. The standard InChI is InChI=1S/C14H9N3O3S/c18-12(13-17-10(7-21-13)14(19)20)16-9-5-1-3-8-4-2-6-15-11(8)9/h1-7H,(H,16,18)(H,19,20). The number of amides is 1. The number of nitrogens with one attached hydrogen (secondary N) is 1. The topological polar surface area (TPSA) is 92.2 Å². The fraction of sp³-hybridized carbons (Fsp3) is 0. The van der Waals surface area contributed by atoms with E-state index in [0.29, 0.717) is 11.2 Å². The highest BCUT2D eigenvalue weighted by atomic mass is 32.1. The summed E-state index contributed by atoms with van der Waals surface area (Å²) in [6, 6.07) is 9.14. The zero-order chi connectivity index (χ0) is 14.8. The quantitative estimate of drug-likeness (QED) is 0.775. The number of benzene rings is 1. The lowest BCUT2D eigenvalue weighted by Gasteiger charge is -2.06. The summed E-state index contributed by atoms with van der Waals surface area (Å²) < 4.78 is 0. The van der Waals surface area contributed by atoms with Crippen LogP contribution in [0.1, 0.15) is 20.3 Å². The zero-order valence-corrected chi connectivity index (χ0v) is 11.4. The number of fused-ring (bicyclic) bond motifs is 1. The van der Waals surface area contributed by atoms with E-state index in [-0.39, 0.29) is 10.7 Å². The lowest BCUT2D eigenvalue weighted by Crippen LogP contribution is -2.12. The van der Waals surface area contributed by atoms with Gasteiger partial charge in [0.05, 0.1) is 11.2 Å². The number of thiazole rings is 1. The maximum Gasteiger partial charge on any atom is 0.355 e. The molecule has 0 aliphatic rings. The van der Waals surface area contributed by atoms with Crippen molar-refractivity contribution in [2.75, 3.05) is 5.32 Å². The van der Waals surface area contributed by atoms with Crippen LogP contribution >= 0.6 is 11.3 Å². The van der Waals surface area contributed by atoms with Crippen molar-refractivity contribution < 1.29 is 14.7 Å². The largest absolute Gasteiger partial charge is 0.476 e. The minimum absolute atomic E-state index is 0.0975. The van der Waals surface area contributed by atoms with E-state index in [1.807, 2.05) is 24.3 Å². The van der Waals surface area contributed by atoms with E-state index in [9.17, 15) is 9.59 Å². The van der Waals surface area contributed by atoms with E-state index in [0.717, 1.165) is 16.7 Å². The van der Waals surface area contributed by atoms with Gasteiger partial charge in [0.25, 0.3) is 5.91 Å². The van der Waals surface area contributed by atoms with Crippen LogP contribution in [0.25, 0.3) is 10.9 Å². The molecule has 2 heterocycles. The van der Waals surface area contributed by atoms with Gasteiger partial charge in [0.2, 0.25) is 0 Å². The maximum absolute atomic E-state index is 12.1. The molecule has 0 atom stereocenters. The van der Waals surface area contributed by atoms with Gasteiger partial charge in [0, 0.05) is 17.0 Å². The molecule has 0 spiro atoms. The van der Waals surface area contributed by atoms with Crippen LogP contribution in [-0.4, -0.2) is 27.0 Å². The second-order valence-electron chi connectivity index (χ2n) is 4.18. The van der Waals surface area contributed by atoms with Crippen molar-refractivity contribution in [2.45, 2.75) is 0 Å². The van der Waals surface area contributed by atoms with Gasteiger partial charge in [-0.1, -0.05) is 18.2 Å². The summed E-state index contributed by atoms with van der Waals surface area (Å²) >= 11 is 0.986. The average molecular weight is 299 g/mol. The molecule has 2 aromatic heterocycles. The third kappa shape index (κ3) is 2.59. The van der Waals surface area contributed by atoms with Crippen molar-refractivity contribution in [1.82, 2.24) is 9.97 Å². The molecular weight excluding hydrogens is 290 g/mol. The second-order valence-corrected chi connectivity index (χ2v) is 5.04. The van der Waals surface area contributed by atoms with Crippen LogP contribution in [0, 0.1) is 0 Å². The second kappa shape index (κ2) is 5.29. The van der Waals surface area contributed by atoms with E-state index in [2.05, 4.69) is 15.3 Å². The highest BCUT2D eigenvalue weighted by molar-refractivity contribution is 7.12. The van der Waals surface area contributed by atoms with Gasteiger partial charge in [-0.25, -0.2) is 9.78 Å². The summed E-state index contributed by atoms with van der Waals surface area (Å²) in [4.78, 5) is 30.9. The molecule has 6 nitrogen and oxygen atoms in total. The molecule has 104 valence electrons. The molecule has 0 radical (unpaired) electrons. The molecule has 0 unspecified atom stereocenters. The number of anilines is 1. The van der Waals surface area contributed by atoms with Gasteiger partial charge in [0.15, 0.2) is 10.7 Å². The molecule has 0 aliphatic carbocycles. The molecule has 0 bridgehead atoms. The number of aromatic nitrogens is 2. The minimum Gasteiger partial charge on any atom is -0.476 e. The van der Waals surface area contributed by atoms with Gasteiger partial charge >= 0.3 is 5.97 Å². The van der Waals surface area contributed by atoms with E-state index in [1.54, 1.807) is 12.3 Å². The predicted molar refractivity (Wildman–Crippen MR) is 78.8 cm³/mol. The van der Waals surface area contributed by atoms with Gasteiger partial charge in [-0.3, -0.25) is 9.78 Å². The number of hydrogen-bond donors (Lipinski definition) is 2. The van der Waals surface area contributed by atoms with E-state index in [4.69, 9.17) is 5.11 Å². The van der Waals surface area contributed by atoms with Crippen LogP contribution in [0.15, 0.2) is 41.9 Å². The Balaban J connectivity index is 1.91. The van der Waals surface area contributed by atoms with Crippen LogP contribution in [0.5, 0.6) is 0 Å². The summed E-state index contributed by atoms with van der Waals surface area (Å²) in [5.74, 6) is -1.61. The van der Waals surface area contributed by atoms with Gasteiger partial charge in [-0.15, -0.1) is 11.3 Å². The molecule has 1 amide bonds. The molecule has 7 heteroatoms. The summed E-state index contributed by atoms with van der Waals surface area (Å²) in [5, 5.41) is 13.9. The minimum atomic E-state index is -1.16. The van der Waals surface area contributed by atoms with Gasteiger partial charge < -0.3 is 10.4 Å². The molecule has 2 N–H and O–H groups in total. The smallest absolute Gasteiger partial charge is 0.355 e. The monoisotopic (exact) mass is 299 g/mol. The van der Waals surface area contributed by atoms with Gasteiger partial charge in [-0.05, 0) is 12.1 Å². The van der Waals surface area contributed by atoms with Gasteiger partial charge in [-0.2, -0.15) is 0 Å². The number of rotatable bonds is 3. The third-order valence-electron chi connectivity index (χ3n) is 2.80. The number of carboxylic acid groups (broad SMARTS) is 1. The number of para-hydroxylation sites is 1. The molecule has 21 heavy (non-hydrogen) atoms. The SMILES string of the molecule is O=C(O)c1csc(C(=O)Nc2cccc3cccnc23)n1. The Morgan fingerprint density at radius 2 is 2.00 bits per heavy atom. The molecule has 0 aliphatic heterocycles. The first-order chi connectivity index (χ1) is 10.1. The van der Waals surface area contributed by atoms with E-state index >= 15 is 0 Å². The summed E-state index contributed by atoms with van der Waals surface area (Å²) in [6.07, 6.45) is 1.64. The Bertz CT molecular complexity index is 839. The number of carboxylic acids is 1. The number of nitrogens with zero attached hydrogens (tertiary/aromatic N) is 2. The lowest BCUT2D eigenvalue weighted by atomic mass is 10.2. The first kappa shape index (κ1) is 13.2. The van der Waals surface area contributed by atoms with Crippen LogP contribution < -0.4 is 5.32 Å². The fourth-order valence-corrected chi connectivity index (χ4v) is 2.54. The normalized spacial score (nSPS) is 10.5. The fourth-order valence-electron chi connectivity index (χ4n) is 1.86. The van der Waals surface area contributed by atoms with Crippen LogP contribution in [-0.2, 0) is 0 Å². The van der Waals surface area contributed by atoms with Crippen molar-refractivity contribution >= 4 is 39.8 Å². The summed E-state index contributed by atoms with van der Waals surface area (Å²) in [7, 11) is 0. The molecule has 0 fully saturated rings. The third-order valence-corrected chi connectivity index (χ3v) is 3.64. The zero-order valence-electron chi connectivity index (χ0n) is 10.6. The Kier molecular flexibility index (Phi) is 3.33. The Morgan fingerprint density at radius 1 is 1.19 bits per heavy atom. The Morgan fingerprint density at radius 3 is 2.76 bits per heavy atom.